The van der Waals surface area contributed by atoms with Crippen molar-refractivity contribution < 1.29 is 0 Å². The number of nitrogens with zero attached hydrogens (tertiary/aromatic N) is 3. The molecule has 1 aromatic heterocycles. The summed E-state index contributed by atoms with van der Waals surface area (Å²) in [5, 5.41) is 6.12. The van der Waals surface area contributed by atoms with Crippen molar-refractivity contribution in [2.75, 3.05) is 13.6 Å². The van der Waals surface area contributed by atoms with Crippen LogP contribution in [0.5, 0.6) is 0 Å². The van der Waals surface area contributed by atoms with E-state index in [1.54, 1.807) is 0 Å². The molecule has 0 radical (unpaired) electrons. The topological polar surface area (TPSA) is 20.5 Å². The maximum absolute atomic E-state index is 4.22. The highest BCUT2D eigenvalue weighted by Gasteiger charge is 1.89. The summed E-state index contributed by atoms with van der Waals surface area (Å²) in [6.45, 7) is 3.01. The Balaban J connectivity index is 2.57. The number of hydrogen-bond donors (Lipinski definition) is 0. The largest absolute Gasteiger partial charge is 0.357 e. The quantitative estimate of drug-likeness (QED) is 0.488. The highest BCUT2D eigenvalue weighted by Crippen LogP contribution is 1.95. The van der Waals surface area contributed by atoms with Crippen LogP contribution in [0.2, 0.25) is 0 Å². The molecule has 0 aliphatic rings. The van der Waals surface area contributed by atoms with Crippen LogP contribution in [0, 0.1) is 0 Å². The van der Waals surface area contributed by atoms with Crippen LogP contribution >= 0.6 is 0 Å². The van der Waals surface area contributed by atoms with Gasteiger partial charge in [-0.25, -0.2) is 0 Å². The van der Waals surface area contributed by atoms with Crippen molar-refractivity contribution in [3.8, 4) is 0 Å². The van der Waals surface area contributed by atoms with E-state index >= 15 is 0 Å². The molecule has 1 heterocycles. The van der Waals surface area contributed by atoms with Gasteiger partial charge in [0.2, 0.25) is 0 Å². The van der Waals surface area contributed by atoms with E-state index in [1.165, 1.54) is 0 Å². The maximum Gasteiger partial charge on any atom is 0.0558 e. The molecule has 12 heavy (non-hydrogen) atoms. The minimum Gasteiger partial charge on any atom is -0.357 e. The second kappa shape index (κ2) is 3.95. The van der Waals surface area contributed by atoms with E-state index in [0.29, 0.717) is 0 Å². The van der Waals surface area contributed by atoms with Gasteiger partial charge in [-0.3, -0.25) is 0 Å². The minimum atomic E-state index is 0.934. The SMILES string of the molecule is CCN(C)/N=C/c1ccn(C)c1. The Morgan fingerprint density at radius 3 is 2.92 bits per heavy atom. The predicted octanol–water partition coefficient (Wildman–Crippen LogP) is 1.31. The summed E-state index contributed by atoms with van der Waals surface area (Å²) < 4.78 is 2.01. The van der Waals surface area contributed by atoms with Gasteiger partial charge in [0.25, 0.3) is 0 Å². The number of hydrazone groups is 1. The van der Waals surface area contributed by atoms with Crippen LogP contribution in [0.1, 0.15) is 12.5 Å². The van der Waals surface area contributed by atoms with Gasteiger partial charge >= 0.3 is 0 Å². The molecule has 1 aromatic rings. The van der Waals surface area contributed by atoms with Gasteiger partial charge in [-0.05, 0) is 13.0 Å². The first-order valence-electron chi connectivity index (χ1n) is 4.09. The Morgan fingerprint density at radius 2 is 2.42 bits per heavy atom. The lowest BCUT2D eigenvalue weighted by molar-refractivity contribution is 0.377. The van der Waals surface area contributed by atoms with Crippen molar-refractivity contribution >= 4 is 6.21 Å². The fraction of sp³-hybridized carbons (Fsp3) is 0.444. The molecular formula is C9H15N3. The first-order valence-corrected chi connectivity index (χ1v) is 4.09. The van der Waals surface area contributed by atoms with E-state index in [0.717, 1.165) is 12.1 Å². The van der Waals surface area contributed by atoms with E-state index in [4.69, 9.17) is 0 Å². The van der Waals surface area contributed by atoms with Crippen LogP contribution in [-0.2, 0) is 7.05 Å². The van der Waals surface area contributed by atoms with Gasteiger partial charge in [0, 0.05) is 38.6 Å². The van der Waals surface area contributed by atoms with Gasteiger partial charge in [0.1, 0.15) is 0 Å². The minimum absolute atomic E-state index is 0.934. The number of hydrogen-bond acceptors (Lipinski definition) is 2. The molecule has 0 amide bonds. The van der Waals surface area contributed by atoms with Crippen molar-refractivity contribution in [3.05, 3.63) is 24.0 Å². The monoisotopic (exact) mass is 165 g/mol. The first-order chi connectivity index (χ1) is 5.72. The predicted molar refractivity (Wildman–Crippen MR) is 51.3 cm³/mol. The van der Waals surface area contributed by atoms with E-state index in [9.17, 15) is 0 Å². The van der Waals surface area contributed by atoms with Crippen molar-refractivity contribution in [2.24, 2.45) is 12.1 Å². The molecule has 0 aliphatic carbocycles. The molecule has 0 spiro atoms. The Bertz CT molecular complexity index is 262. The molecule has 0 aliphatic heterocycles. The van der Waals surface area contributed by atoms with Gasteiger partial charge in [-0.1, -0.05) is 0 Å². The molecule has 0 bridgehead atoms. The second-order valence-corrected chi connectivity index (χ2v) is 2.83. The summed E-state index contributed by atoms with van der Waals surface area (Å²) >= 11 is 0. The average Bonchev–Trinajstić information content (AvgIpc) is 2.47. The molecule has 0 saturated heterocycles. The molecule has 1 rings (SSSR count). The lowest BCUT2D eigenvalue weighted by atomic mass is 10.4. The Kier molecular flexibility index (Phi) is 2.91. The van der Waals surface area contributed by atoms with Crippen molar-refractivity contribution in [3.63, 3.8) is 0 Å². The third-order valence-corrected chi connectivity index (χ3v) is 1.72. The number of rotatable bonds is 3. The number of aromatic nitrogens is 1. The van der Waals surface area contributed by atoms with Crippen molar-refractivity contribution in [1.82, 2.24) is 9.58 Å². The zero-order valence-electron chi connectivity index (χ0n) is 7.86. The van der Waals surface area contributed by atoms with Crippen LogP contribution in [-0.4, -0.2) is 29.4 Å². The molecular weight excluding hydrogens is 150 g/mol. The second-order valence-electron chi connectivity index (χ2n) is 2.83. The Morgan fingerprint density at radius 1 is 1.67 bits per heavy atom. The highest BCUT2D eigenvalue weighted by atomic mass is 15.4. The summed E-state index contributed by atoms with van der Waals surface area (Å²) in [5.41, 5.74) is 1.14. The fourth-order valence-electron chi connectivity index (χ4n) is 0.848. The number of aryl methyl sites for hydroxylation is 1. The Hall–Kier alpha value is -1.25. The molecule has 66 valence electrons. The smallest absolute Gasteiger partial charge is 0.0558 e. The molecule has 0 saturated carbocycles. The maximum atomic E-state index is 4.22. The van der Waals surface area contributed by atoms with E-state index in [1.807, 2.05) is 48.3 Å². The third kappa shape index (κ3) is 2.42. The molecule has 0 unspecified atom stereocenters. The molecule has 3 nitrogen and oxygen atoms in total. The van der Waals surface area contributed by atoms with Gasteiger partial charge in [-0.2, -0.15) is 5.10 Å². The zero-order chi connectivity index (χ0) is 8.97. The average molecular weight is 165 g/mol. The molecule has 0 N–H and O–H groups in total. The molecule has 0 aromatic carbocycles. The van der Waals surface area contributed by atoms with Gasteiger partial charge in [0.15, 0.2) is 0 Å². The van der Waals surface area contributed by atoms with Crippen molar-refractivity contribution in [1.29, 1.82) is 0 Å². The summed E-state index contributed by atoms with van der Waals surface area (Å²) in [6, 6.07) is 2.03. The summed E-state index contributed by atoms with van der Waals surface area (Å²) in [7, 11) is 3.96. The summed E-state index contributed by atoms with van der Waals surface area (Å²) in [4.78, 5) is 0. The van der Waals surface area contributed by atoms with Crippen LogP contribution in [0.4, 0.5) is 0 Å². The summed E-state index contributed by atoms with van der Waals surface area (Å²) in [5.74, 6) is 0. The van der Waals surface area contributed by atoms with Crippen LogP contribution in [0.25, 0.3) is 0 Å². The van der Waals surface area contributed by atoms with Gasteiger partial charge < -0.3 is 9.58 Å². The van der Waals surface area contributed by atoms with Crippen LogP contribution < -0.4 is 0 Å². The summed E-state index contributed by atoms with van der Waals surface area (Å²) in [6.07, 6.45) is 5.91. The van der Waals surface area contributed by atoms with Crippen LogP contribution in [0.15, 0.2) is 23.6 Å². The highest BCUT2D eigenvalue weighted by molar-refractivity contribution is 5.78. The third-order valence-electron chi connectivity index (χ3n) is 1.72. The zero-order valence-corrected chi connectivity index (χ0v) is 7.86. The van der Waals surface area contributed by atoms with E-state index < -0.39 is 0 Å². The van der Waals surface area contributed by atoms with Gasteiger partial charge in [-0.15, -0.1) is 0 Å². The van der Waals surface area contributed by atoms with E-state index in [2.05, 4.69) is 12.0 Å². The lowest BCUT2D eigenvalue weighted by Gasteiger charge is -2.06. The lowest BCUT2D eigenvalue weighted by Crippen LogP contribution is -2.09. The first kappa shape index (κ1) is 8.84. The van der Waals surface area contributed by atoms with Crippen molar-refractivity contribution in [2.45, 2.75) is 6.92 Å². The fourth-order valence-corrected chi connectivity index (χ4v) is 0.848. The molecule has 3 heteroatoms. The molecule has 0 fully saturated rings. The standard InChI is InChI=1S/C9H15N3/c1-4-12(3)10-7-9-5-6-11(2)8-9/h5-8H,4H2,1-3H3/b10-7+. The van der Waals surface area contributed by atoms with E-state index in [-0.39, 0.29) is 0 Å². The normalized spacial score (nSPS) is 10.9. The van der Waals surface area contributed by atoms with Crippen LogP contribution in [0.3, 0.4) is 0 Å². The Labute approximate surface area is 73.3 Å². The van der Waals surface area contributed by atoms with Gasteiger partial charge in [0.05, 0.1) is 6.21 Å². The molecule has 0 atom stereocenters.